The van der Waals surface area contributed by atoms with Gasteiger partial charge in [0.25, 0.3) is 5.91 Å². The molecule has 1 aromatic rings. The number of hydrogen-bond donors (Lipinski definition) is 0. The number of aryl methyl sites for hydroxylation is 1. The maximum Gasteiger partial charge on any atom is 0.265 e. The number of hydrogen-bond acceptors (Lipinski definition) is 2. The monoisotopic (exact) mass is 323 g/mol. The predicted molar refractivity (Wildman–Crippen MR) is 74.0 cm³/mol. The number of rotatable bonds is 4. The molecule has 0 bridgehead atoms. The molecular formula is C11H15BrClNOS. The fourth-order valence-electron chi connectivity index (χ4n) is 1.22. The van der Waals surface area contributed by atoms with Gasteiger partial charge in [-0.2, -0.15) is 0 Å². The van der Waals surface area contributed by atoms with E-state index in [1.807, 2.05) is 19.4 Å². The summed E-state index contributed by atoms with van der Waals surface area (Å²) in [6, 6.07) is 0. The molecule has 0 saturated heterocycles. The zero-order valence-electron chi connectivity index (χ0n) is 9.59. The molecule has 0 N–H and O–H groups in total. The Morgan fingerprint density at radius 1 is 1.69 bits per heavy atom. The van der Waals surface area contributed by atoms with E-state index < -0.39 is 0 Å². The minimum atomic E-state index is 0.0104. The van der Waals surface area contributed by atoms with Crippen molar-refractivity contribution in [3.63, 3.8) is 0 Å². The van der Waals surface area contributed by atoms with Gasteiger partial charge in [0.1, 0.15) is 4.88 Å². The SMILES string of the molecule is Cc1csc(C(=O)N(C)CCC(C)Br)c1Cl. The zero-order valence-corrected chi connectivity index (χ0v) is 12.7. The van der Waals surface area contributed by atoms with Crippen molar-refractivity contribution in [1.82, 2.24) is 4.90 Å². The number of amides is 1. The second-order valence-electron chi connectivity index (χ2n) is 3.86. The van der Waals surface area contributed by atoms with Crippen molar-refractivity contribution in [2.24, 2.45) is 0 Å². The molecule has 90 valence electrons. The Hall–Kier alpha value is -0.0600. The number of halogens is 2. The minimum Gasteiger partial charge on any atom is -0.341 e. The van der Waals surface area contributed by atoms with Gasteiger partial charge in [0.15, 0.2) is 0 Å². The highest BCUT2D eigenvalue weighted by atomic mass is 79.9. The van der Waals surface area contributed by atoms with Crippen LogP contribution in [0.5, 0.6) is 0 Å². The summed E-state index contributed by atoms with van der Waals surface area (Å²) < 4.78 is 0. The highest BCUT2D eigenvalue weighted by Gasteiger charge is 2.18. The average Bonchev–Trinajstić information content (AvgIpc) is 2.55. The third-order valence-corrected chi connectivity index (χ3v) is 4.45. The van der Waals surface area contributed by atoms with E-state index in [4.69, 9.17) is 11.6 Å². The first-order valence-electron chi connectivity index (χ1n) is 5.06. The molecule has 0 saturated carbocycles. The Morgan fingerprint density at radius 2 is 2.31 bits per heavy atom. The van der Waals surface area contributed by atoms with E-state index in [1.54, 1.807) is 4.90 Å². The lowest BCUT2D eigenvalue weighted by Crippen LogP contribution is -2.28. The van der Waals surface area contributed by atoms with Gasteiger partial charge in [0, 0.05) is 18.4 Å². The Morgan fingerprint density at radius 3 is 2.75 bits per heavy atom. The molecule has 0 aliphatic heterocycles. The van der Waals surface area contributed by atoms with Crippen LogP contribution in [0.1, 0.15) is 28.6 Å². The molecule has 1 amide bonds. The normalized spacial score (nSPS) is 12.6. The summed E-state index contributed by atoms with van der Waals surface area (Å²) in [6.45, 7) is 4.72. The smallest absolute Gasteiger partial charge is 0.265 e. The van der Waals surface area contributed by atoms with Gasteiger partial charge in [-0.15, -0.1) is 11.3 Å². The van der Waals surface area contributed by atoms with Crippen LogP contribution in [0.4, 0.5) is 0 Å². The lowest BCUT2D eigenvalue weighted by molar-refractivity contribution is 0.0799. The summed E-state index contributed by atoms with van der Waals surface area (Å²) in [5.74, 6) is 0.0104. The third kappa shape index (κ3) is 3.47. The number of nitrogens with zero attached hydrogens (tertiary/aromatic N) is 1. The summed E-state index contributed by atoms with van der Waals surface area (Å²) in [6.07, 6.45) is 0.935. The number of carbonyl (C=O) groups is 1. The molecular weight excluding hydrogens is 310 g/mol. The predicted octanol–water partition coefficient (Wildman–Crippen LogP) is 3.96. The van der Waals surface area contributed by atoms with Gasteiger partial charge < -0.3 is 4.90 Å². The first kappa shape index (κ1) is 14.0. The Balaban J connectivity index is 2.67. The van der Waals surface area contributed by atoms with Crippen molar-refractivity contribution in [3.8, 4) is 0 Å². The quantitative estimate of drug-likeness (QED) is 0.768. The molecule has 16 heavy (non-hydrogen) atoms. The van der Waals surface area contributed by atoms with Gasteiger partial charge in [-0.05, 0) is 24.3 Å². The van der Waals surface area contributed by atoms with Crippen LogP contribution in [-0.2, 0) is 0 Å². The van der Waals surface area contributed by atoms with Crippen molar-refractivity contribution in [1.29, 1.82) is 0 Å². The lowest BCUT2D eigenvalue weighted by atomic mass is 10.3. The van der Waals surface area contributed by atoms with E-state index in [1.165, 1.54) is 11.3 Å². The summed E-state index contributed by atoms with van der Waals surface area (Å²) in [4.78, 5) is 14.8. The second kappa shape index (κ2) is 6.03. The highest BCUT2D eigenvalue weighted by molar-refractivity contribution is 9.09. The fourth-order valence-corrected chi connectivity index (χ4v) is 2.69. The second-order valence-corrected chi connectivity index (χ2v) is 6.68. The molecule has 0 fully saturated rings. The minimum absolute atomic E-state index is 0.0104. The van der Waals surface area contributed by atoms with E-state index in [0.717, 1.165) is 18.5 Å². The molecule has 1 heterocycles. The number of alkyl halides is 1. The van der Waals surface area contributed by atoms with Gasteiger partial charge in [-0.1, -0.05) is 34.5 Å². The molecule has 0 radical (unpaired) electrons. The molecule has 1 unspecified atom stereocenters. The Bertz CT molecular complexity index is 378. The standard InChI is InChI=1S/C11H15BrClNOS/c1-7-6-16-10(9(7)13)11(15)14(3)5-4-8(2)12/h6,8H,4-5H2,1-3H3. The van der Waals surface area contributed by atoms with Crippen molar-refractivity contribution in [2.75, 3.05) is 13.6 Å². The molecule has 1 rings (SSSR count). The van der Waals surface area contributed by atoms with Crippen molar-refractivity contribution >= 4 is 44.8 Å². The summed E-state index contributed by atoms with van der Waals surface area (Å²) >= 11 is 10.9. The molecule has 0 aromatic carbocycles. The van der Waals surface area contributed by atoms with Crippen molar-refractivity contribution in [2.45, 2.75) is 25.1 Å². The first-order valence-corrected chi connectivity index (χ1v) is 7.24. The molecule has 2 nitrogen and oxygen atoms in total. The van der Waals surface area contributed by atoms with E-state index in [9.17, 15) is 4.79 Å². The maximum absolute atomic E-state index is 12.0. The van der Waals surface area contributed by atoms with Crippen LogP contribution in [0, 0.1) is 6.92 Å². The summed E-state index contributed by atoms with van der Waals surface area (Å²) in [5, 5.41) is 2.50. The molecule has 0 aliphatic carbocycles. The van der Waals surface area contributed by atoms with Crippen LogP contribution in [-0.4, -0.2) is 29.2 Å². The third-order valence-electron chi connectivity index (χ3n) is 2.30. The van der Waals surface area contributed by atoms with Crippen LogP contribution < -0.4 is 0 Å². The highest BCUT2D eigenvalue weighted by Crippen LogP contribution is 2.28. The van der Waals surface area contributed by atoms with Crippen molar-refractivity contribution in [3.05, 3.63) is 20.8 Å². The van der Waals surface area contributed by atoms with Crippen molar-refractivity contribution < 1.29 is 4.79 Å². The lowest BCUT2D eigenvalue weighted by Gasteiger charge is -2.17. The van der Waals surface area contributed by atoms with E-state index in [2.05, 4.69) is 22.9 Å². The van der Waals surface area contributed by atoms with Crippen LogP contribution in [0.15, 0.2) is 5.38 Å². The zero-order chi connectivity index (χ0) is 12.3. The molecule has 1 atom stereocenters. The van der Waals surface area contributed by atoms with Crippen LogP contribution in [0.2, 0.25) is 5.02 Å². The number of thiophene rings is 1. The van der Waals surface area contributed by atoms with E-state index in [0.29, 0.717) is 14.7 Å². The Kier molecular flexibility index (Phi) is 5.28. The van der Waals surface area contributed by atoms with Gasteiger partial charge in [0.05, 0.1) is 5.02 Å². The maximum atomic E-state index is 12.0. The summed E-state index contributed by atoms with van der Waals surface area (Å²) in [5.41, 5.74) is 0.970. The van der Waals surface area contributed by atoms with E-state index >= 15 is 0 Å². The number of carbonyl (C=O) groups excluding carboxylic acids is 1. The van der Waals surface area contributed by atoms with Crippen LogP contribution in [0.3, 0.4) is 0 Å². The topological polar surface area (TPSA) is 20.3 Å². The molecule has 1 aromatic heterocycles. The van der Waals surface area contributed by atoms with Gasteiger partial charge in [0.2, 0.25) is 0 Å². The van der Waals surface area contributed by atoms with E-state index in [-0.39, 0.29) is 5.91 Å². The molecule has 0 aliphatic rings. The molecule has 0 spiro atoms. The van der Waals surface area contributed by atoms with Crippen LogP contribution >= 0.6 is 38.9 Å². The van der Waals surface area contributed by atoms with Gasteiger partial charge in [-0.25, -0.2) is 0 Å². The Labute approximate surface area is 114 Å². The van der Waals surface area contributed by atoms with Gasteiger partial charge >= 0.3 is 0 Å². The largest absolute Gasteiger partial charge is 0.341 e. The summed E-state index contributed by atoms with van der Waals surface area (Å²) in [7, 11) is 1.81. The van der Waals surface area contributed by atoms with Crippen LogP contribution in [0.25, 0.3) is 0 Å². The average molecular weight is 325 g/mol. The first-order chi connectivity index (χ1) is 7.43. The van der Waals surface area contributed by atoms with Gasteiger partial charge in [-0.3, -0.25) is 4.79 Å². The fraction of sp³-hybridized carbons (Fsp3) is 0.545. The molecule has 5 heteroatoms.